The first-order valence-corrected chi connectivity index (χ1v) is 9.60. The highest BCUT2D eigenvalue weighted by Gasteiger charge is 2.15. The van der Waals surface area contributed by atoms with E-state index in [1.54, 1.807) is 6.07 Å². The molecule has 0 bridgehead atoms. The summed E-state index contributed by atoms with van der Waals surface area (Å²) in [5.41, 5.74) is 5.14. The van der Waals surface area contributed by atoms with Crippen LogP contribution in [0.5, 0.6) is 0 Å². The third-order valence-electron chi connectivity index (χ3n) is 4.73. The normalized spacial score (nSPS) is 10.7. The van der Waals surface area contributed by atoms with Crippen molar-refractivity contribution >= 4 is 23.2 Å². The van der Waals surface area contributed by atoms with Crippen molar-refractivity contribution in [2.24, 2.45) is 0 Å². The van der Waals surface area contributed by atoms with Gasteiger partial charge in [0.15, 0.2) is 0 Å². The Labute approximate surface area is 171 Å². The molecule has 0 spiro atoms. The third-order valence-corrected chi connectivity index (χ3v) is 4.73. The summed E-state index contributed by atoms with van der Waals surface area (Å²) in [5.74, 6) is -0.347. The fourth-order valence-corrected chi connectivity index (χ4v) is 3.06. The van der Waals surface area contributed by atoms with Crippen molar-refractivity contribution in [1.82, 2.24) is 4.98 Å². The molecule has 0 aliphatic rings. The molecule has 0 aliphatic carbocycles. The molecule has 0 atom stereocenters. The number of nitrogens with zero attached hydrogens (tertiary/aromatic N) is 1. The van der Waals surface area contributed by atoms with Crippen molar-refractivity contribution in [3.8, 4) is 0 Å². The van der Waals surface area contributed by atoms with Gasteiger partial charge in [0, 0.05) is 23.1 Å². The van der Waals surface area contributed by atoms with Gasteiger partial charge >= 0.3 is 0 Å². The zero-order chi connectivity index (χ0) is 21.0. The highest BCUT2D eigenvalue weighted by atomic mass is 16.2. The van der Waals surface area contributed by atoms with Crippen LogP contribution in [0, 0.1) is 13.8 Å². The SMILES string of the molecule is Cc1ccc(C)c(NC(=O)c2cc(C(=O)Nc3ccccc3C(C)C)ccn2)c1. The summed E-state index contributed by atoms with van der Waals surface area (Å²) in [6, 6.07) is 16.7. The molecule has 0 saturated heterocycles. The Morgan fingerprint density at radius 1 is 0.862 bits per heavy atom. The van der Waals surface area contributed by atoms with Crippen molar-refractivity contribution in [3.63, 3.8) is 0 Å². The maximum absolute atomic E-state index is 12.8. The second-order valence-electron chi connectivity index (χ2n) is 7.40. The Bertz CT molecular complexity index is 1060. The van der Waals surface area contributed by atoms with Crippen molar-refractivity contribution in [1.29, 1.82) is 0 Å². The Morgan fingerprint density at radius 2 is 1.59 bits per heavy atom. The van der Waals surface area contributed by atoms with E-state index in [2.05, 4.69) is 29.5 Å². The molecule has 3 rings (SSSR count). The van der Waals surface area contributed by atoms with Gasteiger partial charge in [0.2, 0.25) is 0 Å². The number of anilines is 2. The van der Waals surface area contributed by atoms with Gasteiger partial charge in [-0.05, 0) is 60.7 Å². The van der Waals surface area contributed by atoms with Crippen LogP contribution in [-0.2, 0) is 0 Å². The van der Waals surface area contributed by atoms with Crippen LogP contribution in [0.1, 0.15) is 57.3 Å². The third kappa shape index (κ3) is 4.88. The summed E-state index contributed by atoms with van der Waals surface area (Å²) in [7, 11) is 0. The van der Waals surface area contributed by atoms with Gasteiger partial charge in [-0.1, -0.05) is 44.2 Å². The van der Waals surface area contributed by atoms with Gasteiger partial charge in [-0.2, -0.15) is 0 Å². The number of hydrogen-bond donors (Lipinski definition) is 2. The number of pyridine rings is 1. The number of carbonyl (C=O) groups is 2. The molecular weight excluding hydrogens is 362 g/mol. The second kappa shape index (κ2) is 8.69. The van der Waals surface area contributed by atoms with Crippen molar-refractivity contribution in [2.45, 2.75) is 33.6 Å². The minimum Gasteiger partial charge on any atom is -0.322 e. The number of nitrogens with one attached hydrogen (secondary N) is 2. The van der Waals surface area contributed by atoms with Crippen LogP contribution in [-0.4, -0.2) is 16.8 Å². The van der Waals surface area contributed by atoms with Crippen LogP contribution < -0.4 is 10.6 Å². The molecule has 3 aromatic rings. The molecule has 5 nitrogen and oxygen atoms in total. The van der Waals surface area contributed by atoms with E-state index in [9.17, 15) is 9.59 Å². The quantitative estimate of drug-likeness (QED) is 0.622. The van der Waals surface area contributed by atoms with E-state index in [-0.39, 0.29) is 23.4 Å². The Morgan fingerprint density at radius 3 is 2.34 bits per heavy atom. The average molecular weight is 387 g/mol. The van der Waals surface area contributed by atoms with Crippen LogP contribution in [0.15, 0.2) is 60.8 Å². The van der Waals surface area contributed by atoms with Crippen LogP contribution in [0.2, 0.25) is 0 Å². The number of amides is 2. The molecule has 5 heteroatoms. The topological polar surface area (TPSA) is 71.1 Å². The van der Waals surface area contributed by atoms with Crippen molar-refractivity contribution in [2.75, 3.05) is 10.6 Å². The molecule has 29 heavy (non-hydrogen) atoms. The van der Waals surface area contributed by atoms with Crippen LogP contribution in [0.4, 0.5) is 11.4 Å². The maximum atomic E-state index is 12.8. The Hall–Kier alpha value is -3.47. The van der Waals surface area contributed by atoms with Gasteiger partial charge in [-0.15, -0.1) is 0 Å². The van der Waals surface area contributed by atoms with Gasteiger partial charge in [0.25, 0.3) is 11.8 Å². The van der Waals surface area contributed by atoms with E-state index in [1.165, 1.54) is 12.3 Å². The number of hydrogen-bond acceptors (Lipinski definition) is 3. The number of para-hydroxylation sites is 1. The first-order chi connectivity index (χ1) is 13.8. The van der Waals surface area contributed by atoms with Gasteiger partial charge in [0.1, 0.15) is 5.69 Å². The average Bonchev–Trinajstić information content (AvgIpc) is 2.71. The molecule has 0 unspecified atom stereocenters. The van der Waals surface area contributed by atoms with E-state index in [0.29, 0.717) is 5.56 Å². The van der Waals surface area contributed by atoms with Gasteiger partial charge in [-0.3, -0.25) is 14.6 Å². The zero-order valence-electron chi connectivity index (χ0n) is 17.1. The van der Waals surface area contributed by atoms with Gasteiger partial charge in [0.05, 0.1) is 0 Å². The molecule has 0 fully saturated rings. The zero-order valence-corrected chi connectivity index (χ0v) is 17.1. The summed E-state index contributed by atoms with van der Waals surface area (Å²) in [4.78, 5) is 29.5. The molecule has 0 aliphatic heterocycles. The lowest BCUT2D eigenvalue weighted by molar-refractivity contribution is 0.102. The molecule has 2 N–H and O–H groups in total. The first kappa shape index (κ1) is 20.3. The largest absolute Gasteiger partial charge is 0.322 e. The first-order valence-electron chi connectivity index (χ1n) is 9.60. The van der Waals surface area contributed by atoms with E-state index >= 15 is 0 Å². The van der Waals surface area contributed by atoms with Crippen LogP contribution in [0.3, 0.4) is 0 Å². The lowest BCUT2D eigenvalue weighted by atomic mass is 10.0. The molecular formula is C24H25N3O2. The van der Waals surface area contributed by atoms with E-state index in [1.807, 2.05) is 56.3 Å². The Balaban J connectivity index is 1.79. The highest BCUT2D eigenvalue weighted by Crippen LogP contribution is 2.24. The molecule has 0 radical (unpaired) electrons. The molecule has 1 heterocycles. The number of aryl methyl sites for hydroxylation is 2. The summed E-state index contributed by atoms with van der Waals surface area (Å²) < 4.78 is 0. The van der Waals surface area contributed by atoms with E-state index < -0.39 is 0 Å². The summed E-state index contributed by atoms with van der Waals surface area (Å²) in [5, 5.41) is 5.82. The van der Waals surface area contributed by atoms with Crippen molar-refractivity contribution < 1.29 is 9.59 Å². The van der Waals surface area contributed by atoms with E-state index in [0.717, 1.165) is 28.1 Å². The highest BCUT2D eigenvalue weighted by molar-refractivity contribution is 6.08. The fourth-order valence-electron chi connectivity index (χ4n) is 3.06. The standard InChI is InChI=1S/C24H25N3O2/c1-15(2)19-7-5-6-8-20(19)26-23(28)18-11-12-25-22(14-18)24(29)27-21-13-16(3)9-10-17(21)4/h5-15H,1-4H3,(H,26,28)(H,27,29). The maximum Gasteiger partial charge on any atom is 0.274 e. The minimum absolute atomic E-state index is 0.190. The summed E-state index contributed by atoms with van der Waals surface area (Å²) in [6.45, 7) is 8.05. The number of rotatable bonds is 5. The number of aromatic nitrogens is 1. The lowest BCUT2D eigenvalue weighted by Crippen LogP contribution is -2.18. The molecule has 1 aromatic heterocycles. The van der Waals surface area contributed by atoms with Gasteiger partial charge < -0.3 is 10.6 Å². The smallest absolute Gasteiger partial charge is 0.274 e. The molecule has 148 valence electrons. The van der Waals surface area contributed by atoms with Gasteiger partial charge in [-0.25, -0.2) is 0 Å². The van der Waals surface area contributed by atoms with E-state index in [4.69, 9.17) is 0 Å². The van der Waals surface area contributed by atoms with Crippen molar-refractivity contribution in [3.05, 3.63) is 88.7 Å². The Kier molecular flexibility index (Phi) is 6.07. The number of carbonyl (C=O) groups excluding carboxylic acids is 2. The number of benzene rings is 2. The second-order valence-corrected chi connectivity index (χ2v) is 7.40. The minimum atomic E-state index is -0.351. The summed E-state index contributed by atoms with van der Waals surface area (Å²) >= 11 is 0. The van der Waals surface area contributed by atoms with Crippen LogP contribution in [0.25, 0.3) is 0 Å². The fraction of sp³-hybridized carbons (Fsp3) is 0.208. The molecule has 2 aromatic carbocycles. The van der Waals surface area contributed by atoms with Crippen LogP contribution >= 0.6 is 0 Å². The predicted octanol–water partition coefficient (Wildman–Crippen LogP) is 5.33. The summed E-state index contributed by atoms with van der Waals surface area (Å²) in [6.07, 6.45) is 1.47. The monoisotopic (exact) mass is 387 g/mol. The molecule has 0 saturated carbocycles. The predicted molar refractivity (Wildman–Crippen MR) is 117 cm³/mol. The lowest BCUT2D eigenvalue weighted by Gasteiger charge is -2.14. The molecule has 2 amide bonds.